The Kier molecular flexibility index (Phi) is 7.85. The van der Waals surface area contributed by atoms with E-state index in [1.165, 1.54) is 0 Å². The molecule has 4 nitrogen and oxygen atoms in total. The number of fused-ring (bicyclic) bond motifs is 6. The van der Waals surface area contributed by atoms with Crippen LogP contribution in [0.4, 0.5) is 0 Å². The van der Waals surface area contributed by atoms with Crippen LogP contribution in [0.15, 0.2) is 213 Å². The summed E-state index contributed by atoms with van der Waals surface area (Å²) in [5, 5.41) is 4.30. The minimum Gasteiger partial charge on any atom is -0.456 e. The summed E-state index contributed by atoms with van der Waals surface area (Å²) in [5.41, 5.74) is 14.6. The normalized spacial score (nSPS) is 13.2. The molecule has 57 heavy (non-hydrogen) atoms. The topological polar surface area (TPSA) is 51.0 Å². The molecule has 0 fully saturated rings. The largest absolute Gasteiger partial charge is 0.456 e. The highest BCUT2D eigenvalue weighted by atomic mass is 16.3. The summed E-state index contributed by atoms with van der Waals surface area (Å²) in [7, 11) is 0. The van der Waals surface area contributed by atoms with E-state index in [0.29, 0.717) is 12.3 Å². The van der Waals surface area contributed by atoms with Crippen LogP contribution in [-0.2, 0) is 0 Å². The first-order valence-corrected chi connectivity index (χ1v) is 19.3. The lowest BCUT2D eigenvalue weighted by Crippen LogP contribution is -2.05. The van der Waals surface area contributed by atoms with Gasteiger partial charge in [-0.2, -0.15) is 0 Å². The van der Waals surface area contributed by atoms with Crippen molar-refractivity contribution in [2.24, 2.45) is 9.98 Å². The van der Waals surface area contributed by atoms with Crippen LogP contribution in [0.2, 0.25) is 0 Å². The molecule has 2 aromatic heterocycles. The van der Waals surface area contributed by atoms with Gasteiger partial charge in [0.1, 0.15) is 22.3 Å². The predicted molar refractivity (Wildman–Crippen MR) is 236 cm³/mol. The summed E-state index contributed by atoms with van der Waals surface area (Å²) in [5.74, 6) is 0.664. The first kappa shape index (κ1) is 32.8. The minimum absolute atomic E-state index is 0.617. The number of rotatable bonds is 6. The third-order valence-electron chi connectivity index (χ3n) is 11.0. The van der Waals surface area contributed by atoms with E-state index in [-0.39, 0.29) is 0 Å². The zero-order valence-electron chi connectivity index (χ0n) is 30.9. The van der Waals surface area contributed by atoms with Gasteiger partial charge in [0.15, 0.2) is 5.84 Å². The van der Waals surface area contributed by atoms with Crippen molar-refractivity contribution >= 4 is 61.1 Å². The minimum atomic E-state index is 0.617. The number of furan rings is 2. The molecule has 0 aliphatic carbocycles. The molecule has 0 bridgehead atoms. The first-order chi connectivity index (χ1) is 28.2. The zero-order chi connectivity index (χ0) is 37.7. The maximum atomic E-state index is 7.03. The molecular weight excluding hydrogens is 697 g/mol. The molecule has 1 aliphatic rings. The van der Waals surface area contributed by atoms with Crippen LogP contribution in [-0.4, -0.2) is 11.5 Å². The molecule has 0 amide bonds. The van der Waals surface area contributed by atoms with Gasteiger partial charge in [0.25, 0.3) is 0 Å². The van der Waals surface area contributed by atoms with E-state index in [1.807, 2.05) is 24.3 Å². The lowest BCUT2D eigenvalue weighted by Gasteiger charge is -2.09. The van der Waals surface area contributed by atoms with Gasteiger partial charge in [-0.15, -0.1) is 0 Å². The van der Waals surface area contributed by atoms with Gasteiger partial charge in [-0.25, -0.2) is 9.98 Å². The van der Waals surface area contributed by atoms with Gasteiger partial charge in [0.2, 0.25) is 0 Å². The van der Waals surface area contributed by atoms with Crippen LogP contribution in [0, 0.1) is 0 Å². The zero-order valence-corrected chi connectivity index (χ0v) is 30.9. The standard InChI is InChI=1S/C53H34N2O2/c1-4-15-34(16-5-1)37-21-12-22-38(31-37)53-54-46(36-19-8-3-9-20-36)29-30-47(55-53)43-27-14-26-42-41-25-13-24-40(51(41)57-52(42)43)39-32-45(35-17-6-2-7-18-35)50-44-23-10-11-28-48(44)56-49(50)33-39/h1-28,30-33H,29H2. The second-order valence-electron chi connectivity index (χ2n) is 14.4. The van der Waals surface area contributed by atoms with Crippen molar-refractivity contribution < 1.29 is 8.83 Å². The second-order valence-corrected chi connectivity index (χ2v) is 14.4. The van der Waals surface area contributed by atoms with Gasteiger partial charge in [-0.1, -0.05) is 164 Å². The predicted octanol–water partition coefficient (Wildman–Crippen LogP) is 14.2. The Bertz CT molecular complexity index is 3240. The average Bonchev–Trinajstić information content (AvgIpc) is 3.77. The van der Waals surface area contributed by atoms with E-state index in [4.69, 9.17) is 18.8 Å². The maximum Gasteiger partial charge on any atom is 0.160 e. The van der Waals surface area contributed by atoms with Crippen molar-refractivity contribution in [1.82, 2.24) is 0 Å². The summed E-state index contributed by atoms with van der Waals surface area (Å²) < 4.78 is 13.5. The molecule has 0 atom stereocenters. The lowest BCUT2D eigenvalue weighted by atomic mass is 9.94. The van der Waals surface area contributed by atoms with Crippen LogP contribution in [0.3, 0.4) is 0 Å². The van der Waals surface area contributed by atoms with E-state index < -0.39 is 0 Å². The third-order valence-corrected chi connectivity index (χ3v) is 11.0. The molecule has 11 rings (SSSR count). The molecule has 0 saturated carbocycles. The monoisotopic (exact) mass is 730 g/mol. The first-order valence-electron chi connectivity index (χ1n) is 19.3. The smallest absolute Gasteiger partial charge is 0.160 e. The molecule has 0 spiro atoms. The Labute approximate surface area is 329 Å². The highest BCUT2D eigenvalue weighted by molar-refractivity contribution is 6.18. The van der Waals surface area contributed by atoms with Crippen molar-refractivity contribution in [2.45, 2.75) is 6.42 Å². The molecule has 0 N–H and O–H groups in total. The Hall–Kier alpha value is -7.56. The summed E-state index contributed by atoms with van der Waals surface area (Å²) in [6.45, 7) is 0. The molecule has 4 heteroatoms. The molecule has 268 valence electrons. The third kappa shape index (κ3) is 5.78. The fraction of sp³-hybridized carbons (Fsp3) is 0.0189. The molecular formula is C53H34N2O2. The van der Waals surface area contributed by atoms with Crippen molar-refractivity contribution in [1.29, 1.82) is 0 Å². The van der Waals surface area contributed by atoms with Crippen LogP contribution < -0.4 is 0 Å². The van der Waals surface area contributed by atoms with Gasteiger partial charge in [-0.3, -0.25) is 0 Å². The molecule has 8 aromatic carbocycles. The number of nitrogens with zero attached hydrogens (tertiary/aromatic N) is 2. The summed E-state index contributed by atoms with van der Waals surface area (Å²) >= 11 is 0. The number of hydrogen-bond donors (Lipinski definition) is 0. The summed E-state index contributed by atoms with van der Waals surface area (Å²) in [6.07, 6.45) is 2.80. The Balaban J connectivity index is 1.08. The van der Waals surface area contributed by atoms with Gasteiger partial charge in [-0.05, 0) is 63.7 Å². The SMILES string of the molecule is C1=C(c2cccc3c2oc2c(-c4cc(-c5ccccc5)c5c(c4)oc4ccccc45)cccc23)N=C(c2cccc(-c3ccccc3)c2)N=C(c2ccccc2)C1. The molecule has 10 aromatic rings. The number of allylic oxidation sites excluding steroid dienone is 1. The maximum absolute atomic E-state index is 7.03. The molecule has 0 radical (unpaired) electrons. The second kappa shape index (κ2) is 13.6. The number of aliphatic imine (C=N–C) groups is 2. The molecule has 1 aliphatic heterocycles. The molecule has 3 heterocycles. The number of amidine groups is 1. The number of para-hydroxylation sites is 3. The quantitative estimate of drug-likeness (QED) is 0.171. The highest BCUT2D eigenvalue weighted by Crippen LogP contribution is 2.44. The van der Waals surface area contributed by atoms with Crippen molar-refractivity contribution in [3.63, 3.8) is 0 Å². The Morgan fingerprint density at radius 2 is 0.965 bits per heavy atom. The van der Waals surface area contributed by atoms with Crippen LogP contribution in [0.5, 0.6) is 0 Å². The van der Waals surface area contributed by atoms with Gasteiger partial charge < -0.3 is 8.83 Å². The Morgan fingerprint density at radius 3 is 1.74 bits per heavy atom. The number of hydrogen-bond acceptors (Lipinski definition) is 4. The van der Waals surface area contributed by atoms with E-state index in [9.17, 15) is 0 Å². The van der Waals surface area contributed by atoms with Crippen LogP contribution >= 0.6 is 0 Å². The van der Waals surface area contributed by atoms with Gasteiger partial charge >= 0.3 is 0 Å². The molecule has 0 saturated heterocycles. The van der Waals surface area contributed by atoms with Gasteiger partial charge in [0, 0.05) is 44.7 Å². The van der Waals surface area contributed by atoms with Crippen molar-refractivity contribution in [3.8, 4) is 33.4 Å². The van der Waals surface area contributed by atoms with Gasteiger partial charge in [0.05, 0.1) is 11.4 Å². The van der Waals surface area contributed by atoms with Crippen molar-refractivity contribution in [2.75, 3.05) is 0 Å². The van der Waals surface area contributed by atoms with E-state index in [0.717, 1.165) is 105 Å². The highest BCUT2D eigenvalue weighted by Gasteiger charge is 2.21. The number of benzene rings is 8. The Morgan fingerprint density at radius 1 is 0.368 bits per heavy atom. The lowest BCUT2D eigenvalue weighted by molar-refractivity contribution is 0.667. The molecule has 0 unspecified atom stereocenters. The summed E-state index contributed by atoms with van der Waals surface area (Å²) in [6, 6.07) is 65.3. The van der Waals surface area contributed by atoms with E-state index >= 15 is 0 Å². The fourth-order valence-electron chi connectivity index (χ4n) is 8.24. The van der Waals surface area contributed by atoms with Crippen LogP contribution in [0.25, 0.3) is 83.0 Å². The average molecular weight is 731 g/mol. The van der Waals surface area contributed by atoms with Crippen LogP contribution in [0.1, 0.15) is 23.1 Å². The van der Waals surface area contributed by atoms with E-state index in [1.54, 1.807) is 0 Å². The van der Waals surface area contributed by atoms with E-state index in [2.05, 4.69) is 170 Å². The van der Waals surface area contributed by atoms with Crippen molar-refractivity contribution in [3.05, 3.63) is 211 Å². The summed E-state index contributed by atoms with van der Waals surface area (Å²) in [4.78, 5) is 10.6. The fourth-order valence-corrected chi connectivity index (χ4v) is 8.24.